The van der Waals surface area contributed by atoms with Crippen LogP contribution in [0.2, 0.25) is 5.02 Å². The number of rotatable bonds is 9. The topological polar surface area (TPSA) is 42.0 Å². The number of piperazine rings is 1. The predicted molar refractivity (Wildman–Crippen MR) is 140 cm³/mol. The molecule has 1 heterocycles. The number of methoxy groups -OCH3 is 1. The standard InChI is InChI=1S/C29H33ClN2O3/c1-22-5-3-7-24(17-22)21-35-28(25-9-11-26(30)12-10-25)20-31-13-15-32(16-14-31)29(33)19-23-6-4-8-27(18-23)34-2/h3-12,17-18,28H,13-16,19-21H2,1-2H3/t28-/m0/s1. The summed E-state index contributed by atoms with van der Waals surface area (Å²) in [5, 5.41) is 0.717. The fraction of sp³-hybridized carbons (Fsp3) is 0.345. The fourth-order valence-electron chi connectivity index (χ4n) is 4.41. The third-order valence-electron chi connectivity index (χ3n) is 6.41. The second-order valence-electron chi connectivity index (χ2n) is 9.05. The van der Waals surface area contributed by atoms with Crippen molar-refractivity contribution in [1.82, 2.24) is 9.80 Å². The second-order valence-corrected chi connectivity index (χ2v) is 9.49. The molecule has 0 saturated carbocycles. The first-order chi connectivity index (χ1) is 17.0. The molecule has 0 spiro atoms. The summed E-state index contributed by atoms with van der Waals surface area (Å²) in [4.78, 5) is 17.2. The van der Waals surface area contributed by atoms with Gasteiger partial charge in [-0.25, -0.2) is 0 Å². The minimum atomic E-state index is -0.0770. The molecule has 5 nitrogen and oxygen atoms in total. The molecule has 1 atom stereocenters. The quantitative estimate of drug-likeness (QED) is 0.406. The van der Waals surface area contributed by atoms with Gasteiger partial charge in [0.05, 0.1) is 26.2 Å². The number of nitrogens with zero attached hydrogens (tertiary/aromatic N) is 2. The molecule has 1 aliphatic rings. The number of aryl methyl sites for hydroxylation is 1. The van der Waals surface area contributed by atoms with Gasteiger partial charge < -0.3 is 14.4 Å². The van der Waals surface area contributed by atoms with Crippen molar-refractivity contribution in [3.05, 3.63) is 100 Å². The monoisotopic (exact) mass is 492 g/mol. The molecule has 0 radical (unpaired) electrons. The Balaban J connectivity index is 1.34. The van der Waals surface area contributed by atoms with Crippen molar-refractivity contribution in [2.45, 2.75) is 26.1 Å². The average Bonchev–Trinajstić information content (AvgIpc) is 2.87. The van der Waals surface area contributed by atoms with E-state index < -0.39 is 0 Å². The molecule has 1 saturated heterocycles. The highest BCUT2D eigenvalue weighted by Crippen LogP contribution is 2.24. The summed E-state index contributed by atoms with van der Waals surface area (Å²) in [6.07, 6.45) is 0.316. The zero-order valence-corrected chi connectivity index (χ0v) is 21.2. The Morgan fingerprint density at radius 3 is 2.37 bits per heavy atom. The van der Waals surface area contributed by atoms with Gasteiger partial charge in [-0.15, -0.1) is 0 Å². The number of hydrogen-bond donors (Lipinski definition) is 0. The highest BCUT2D eigenvalue weighted by atomic mass is 35.5. The first-order valence-corrected chi connectivity index (χ1v) is 12.4. The molecule has 1 aliphatic heterocycles. The molecule has 1 fully saturated rings. The Bertz CT molecular complexity index is 1110. The van der Waals surface area contributed by atoms with Crippen LogP contribution < -0.4 is 4.74 Å². The van der Waals surface area contributed by atoms with E-state index in [0.717, 1.165) is 42.1 Å². The molecule has 3 aromatic rings. The van der Waals surface area contributed by atoms with Gasteiger partial charge in [-0.05, 0) is 47.9 Å². The zero-order chi connectivity index (χ0) is 24.6. The number of carbonyl (C=O) groups is 1. The van der Waals surface area contributed by atoms with Crippen molar-refractivity contribution in [2.24, 2.45) is 0 Å². The first-order valence-electron chi connectivity index (χ1n) is 12.1. The van der Waals surface area contributed by atoms with Gasteiger partial charge in [-0.1, -0.05) is 65.7 Å². The van der Waals surface area contributed by atoms with Gasteiger partial charge in [0.25, 0.3) is 0 Å². The molecule has 0 unspecified atom stereocenters. The predicted octanol–water partition coefficient (Wildman–Crippen LogP) is 5.30. The van der Waals surface area contributed by atoms with Gasteiger partial charge in [0.15, 0.2) is 0 Å². The Morgan fingerprint density at radius 1 is 0.943 bits per heavy atom. The zero-order valence-electron chi connectivity index (χ0n) is 20.5. The number of ether oxygens (including phenoxy) is 2. The van der Waals surface area contributed by atoms with Crippen molar-refractivity contribution >= 4 is 17.5 Å². The molecule has 0 aliphatic carbocycles. The molecule has 35 heavy (non-hydrogen) atoms. The summed E-state index contributed by atoms with van der Waals surface area (Å²) >= 11 is 6.12. The number of amides is 1. The van der Waals surface area contributed by atoms with Crippen molar-refractivity contribution in [2.75, 3.05) is 39.8 Å². The lowest BCUT2D eigenvalue weighted by Crippen LogP contribution is -2.50. The van der Waals surface area contributed by atoms with Crippen molar-refractivity contribution in [3.63, 3.8) is 0 Å². The Kier molecular flexibility index (Phi) is 8.80. The molecule has 184 valence electrons. The first kappa shape index (κ1) is 25.2. The summed E-state index contributed by atoms with van der Waals surface area (Å²) in [5.74, 6) is 0.932. The number of benzene rings is 3. The van der Waals surface area contributed by atoms with E-state index in [4.69, 9.17) is 21.1 Å². The summed E-state index contributed by atoms with van der Waals surface area (Å²) in [6, 6.07) is 24.0. The van der Waals surface area contributed by atoms with Crippen LogP contribution in [0.3, 0.4) is 0 Å². The maximum atomic E-state index is 12.9. The molecular weight excluding hydrogens is 460 g/mol. The van der Waals surface area contributed by atoms with E-state index in [1.165, 1.54) is 5.56 Å². The van der Waals surface area contributed by atoms with E-state index in [1.54, 1.807) is 7.11 Å². The molecule has 0 N–H and O–H groups in total. The minimum absolute atomic E-state index is 0.0770. The van der Waals surface area contributed by atoms with Gasteiger partial charge in [0.1, 0.15) is 5.75 Å². The highest BCUT2D eigenvalue weighted by Gasteiger charge is 2.24. The molecule has 0 bridgehead atoms. The van der Waals surface area contributed by atoms with E-state index in [-0.39, 0.29) is 12.0 Å². The third-order valence-corrected chi connectivity index (χ3v) is 6.67. The van der Waals surface area contributed by atoms with Gasteiger partial charge in [-0.3, -0.25) is 9.69 Å². The lowest BCUT2D eigenvalue weighted by molar-refractivity contribution is -0.132. The van der Waals surface area contributed by atoms with E-state index in [1.807, 2.05) is 53.4 Å². The van der Waals surface area contributed by atoms with Crippen LogP contribution in [0.5, 0.6) is 5.75 Å². The van der Waals surface area contributed by atoms with E-state index in [9.17, 15) is 4.79 Å². The van der Waals surface area contributed by atoms with Crippen molar-refractivity contribution in [3.8, 4) is 5.75 Å². The summed E-state index contributed by atoms with van der Waals surface area (Å²) < 4.78 is 11.7. The van der Waals surface area contributed by atoms with E-state index in [0.29, 0.717) is 31.1 Å². The lowest BCUT2D eigenvalue weighted by Gasteiger charge is -2.36. The van der Waals surface area contributed by atoms with E-state index in [2.05, 4.69) is 36.1 Å². The van der Waals surface area contributed by atoms with Crippen molar-refractivity contribution < 1.29 is 14.3 Å². The van der Waals surface area contributed by atoms with Gasteiger partial charge in [0, 0.05) is 37.7 Å². The number of hydrogen-bond acceptors (Lipinski definition) is 4. The summed E-state index contributed by atoms with van der Waals surface area (Å²) in [7, 11) is 1.64. The van der Waals surface area contributed by atoms with E-state index >= 15 is 0 Å². The van der Waals surface area contributed by atoms with Crippen LogP contribution in [0.1, 0.15) is 28.4 Å². The molecule has 1 amide bonds. The minimum Gasteiger partial charge on any atom is -0.497 e. The molecule has 4 rings (SSSR count). The maximum Gasteiger partial charge on any atom is 0.227 e. The maximum absolute atomic E-state index is 12.9. The van der Waals surface area contributed by atoms with Gasteiger partial charge in [-0.2, -0.15) is 0 Å². The van der Waals surface area contributed by atoms with Gasteiger partial charge in [0.2, 0.25) is 5.91 Å². The summed E-state index contributed by atoms with van der Waals surface area (Å²) in [5.41, 5.74) is 4.48. The Labute approximate surface area is 213 Å². The smallest absolute Gasteiger partial charge is 0.227 e. The van der Waals surface area contributed by atoms with Crippen LogP contribution in [0.4, 0.5) is 0 Å². The normalized spacial score (nSPS) is 15.1. The largest absolute Gasteiger partial charge is 0.497 e. The Morgan fingerprint density at radius 2 is 1.66 bits per heavy atom. The SMILES string of the molecule is COc1cccc(CC(=O)N2CCN(C[C@H](OCc3cccc(C)c3)c3ccc(Cl)cc3)CC2)c1. The molecule has 6 heteroatoms. The average molecular weight is 493 g/mol. The molecule has 0 aromatic heterocycles. The van der Waals surface area contributed by atoms with Crippen LogP contribution in [0.25, 0.3) is 0 Å². The molecular formula is C29H33ClN2O3. The van der Waals surface area contributed by atoms with Crippen LogP contribution >= 0.6 is 11.6 Å². The lowest BCUT2D eigenvalue weighted by atomic mass is 10.1. The highest BCUT2D eigenvalue weighted by molar-refractivity contribution is 6.30. The Hall–Kier alpha value is -2.86. The number of carbonyl (C=O) groups excluding carboxylic acids is 1. The van der Waals surface area contributed by atoms with Crippen LogP contribution in [-0.2, 0) is 22.6 Å². The fourth-order valence-corrected chi connectivity index (χ4v) is 4.54. The number of halogens is 1. The van der Waals surface area contributed by atoms with Crippen LogP contribution in [-0.4, -0.2) is 55.5 Å². The van der Waals surface area contributed by atoms with Crippen molar-refractivity contribution in [1.29, 1.82) is 0 Å². The van der Waals surface area contributed by atoms with Crippen LogP contribution in [0, 0.1) is 6.92 Å². The molecule has 3 aromatic carbocycles. The van der Waals surface area contributed by atoms with Gasteiger partial charge >= 0.3 is 0 Å². The third kappa shape index (κ3) is 7.31. The van der Waals surface area contributed by atoms with Crippen LogP contribution in [0.15, 0.2) is 72.8 Å². The summed E-state index contributed by atoms with van der Waals surface area (Å²) in [6.45, 7) is 6.49. The second kappa shape index (κ2) is 12.2.